The van der Waals surface area contributed by atoms with E-state index in [1.54, 1.807) is 35.5 Å². The number of aryl methyl sites for hydroxylation is 1. The third-order valence-corrected chi connectivity index (χ3v) is 2.81. The number of aromatic nitrogens is 2. The van der Waals surface area contributed by atoms with Gasteiger partial charge in [-0.05, 0) is 0 Å². The molecule has 1 heterocycles. The second kappa shape index (κ2) is 7.20. The monoisotopic (exact) mass is 306 g/mol. The van der Waals surface area contributed by atoms with Crippen molar-refractivity contribution < 1.29 is 31.8 Å². The van der Waals surface area contributed by atoms with Gasteiger partial charge in [0.25, 0.3) is 0 Å². The SMILES string of the molecule is CC(OCC(C)(C)[N+](=O)[O-])n1cc[n+](C)c1C=NO.[Cl-]. The van der Waals surface area contributed by atoms with Gasteiger partial charge in [-0.1, -0.05) is 5.16 Å². The molecule has 0 fully saturated rings. The van der Waals surface area contributed by atoms with Crippen LogP contribution in [0.5, 0.6) is 0 Å². The van der Waals surface area contributed by atoms with E-state index in [2.05, 4.69) is 5.16 Å². The molecule has 0 spiro atoms. The summed E-state index contributed by atoms with van der Waals surface area (Å²) in [7, 11) is 1.79. The van der Waals surface area contributed by atoms with Crippen LogP contribution in [-0.4, -0.2) is 33.1 Å². The maximum atomic E-state index is 10.8. The lowest BCUT2D eigenvalue weighted by molar-refractivity contribution is -0.672. The van der Waals surface area contributed by atoms with E-state index in [0.717, 1.165) is 0 Å². The quantitative estimate of drug-likeness (QED) is 0.211. The second-order valence-electron chi connectivity index (χ2n) is 4.90. The molecule has 0 bridgehead atoms. The minimum absolute atomic E-state index is 0. The molecule has 114 valence electrons. The fraction of sp³-hybridized carbons (Fsp3) is 0.636. The number of imidazole rings is 1. The molecule has 1 N–H and O–H groups in total. The molecule has 0 amide bonds. The average Bonchev–Trinajstić information content (AvgIpc) is 2.69. The average molecular weight is 307 g/mol. The second-order valence-corrected chi connectivity index (χ2v) is 4.90. The van der Waals surface area contributed by atoms with Gasteiger partial charge in [-0.15, -0.1) is 0 Å². The summed E-state index contributed by atoms with van der Waals surface area (Å²) in [5, 5.41) is 22.4. The molecule has 1 aromatic rings. The predicted octanol–water partition coefficient (Wildman–Crippen LogP) is -2.28. The Bertz CT molecular complexity index is 487. The van der Waals surface area contributed by atoms with Crippen molar-refractivity contribution in [2.45, 2.75) is 32.5 Å². The molecular weight excluding hydrogens is 288 g/mol. The standard InChI is InChI=1S/C11H18N4O4.ClH/c1-9(19-8-11(2,3)15(17)18)14-6-5-13(4)10(14)7-12-16;/h5-7,9H,8H2,1-4H3;1H. The third-order valence-electron chi connectivity index (χ3n) is 2.81. The Morgan fingerprint density at radius 1 is 1.70 bits per heavy atom. The zero-order valence-electron chi connectivity index (χ0n) is 11.9. The zero-order chi connectivity index (χ0) is 14.6. The van der Waals surface area contributed by atoms with Crippen LogP contribution in [0.15, 0.2) is 17.5 Å². The highest BCUT2D eigenvalue weighted by Gasteiger charge is 2.33. The molecule has 0 saturated carbocycles. The topological polar surface area (TPSA) is 93.8 Å². The minimum Gasteiger partial charge on any atom is -1.00 e. The number of hydrogen-bond donors (Lipinski definition) is 1. The lowest BCUT2D eigenvalue weighted by Gasteiger charge is -2.18. The fourth-order valence-electron chi connectivity index (χ4n) is 1.48. The highest BCUT2D eigenvalue weighted by molar-refractivity contribution is 5.72. The summed E-state index contributed by atoms with van der Waals surface area (Å²) < 4.78 is 8.99. The Morgan fingerprint density at radius 2 is 2.30 bits per heavy atom. The Balaban J connectivity index is 0.00000361. The van der Waals surface area contributed by atoms with E-state index in [4.69, 9.17) is 9.94 Å². The number of halogens is 1. The Kier molecular flexibility index (Phi) is 6.60. The van der Waals surface area contributed by atoms with Crippen LogP contribution >= 0.6 is 0 Å². The summed E-state index contributed by atoms with van der Waals surface area (Å²) in [4.78, 5) is 10.4. The van der Waals surface area contributed by atoms with Crippen LogP contribution in [0.4, 0.5) is 0 Å². The summed E-state index contributed by atoms with van der Waals surface area (Å²) in [6.45, 7) is 4.76. The van der Waals surface area contributed by atoms with Crippen molar-refractivity contribution >= 4 is 6.21 Å². The summed E-state index contributed by atoms with van der Waals surface area (Å²) in [6, 6.07) is 0. The van der Waals surface area contributed by atoms with Crippen molar-refractivity contribution in [1.82, 2.24) is 4.57 Å². The van der Waals surface area contributed by atoms with Crippen molar-refractivity contribution in [3.63, 3.8) is 0 Å². The molecule has 0 aliphatic rings. The van der Waals surface area contributed by atoms with Gasteiger partial charge in [0.05, 0.1) is 7.05 Å². The van der Waals surface area contributed by atoms with Gasteiger partial charge in [-0.25, -0.2) is 9.13 Å². The summed E-state index contributed by atoms with van der Waals surface area (Å²) >= 11 is 0. The first-order valence-corrected chi connectivity index (χ1v) is 5.79. The lowest BCUT2D eigenvalue weighted by atomic mass is 10.1. The third kappa shape index (κ3) is 4.17. The van der Waals surface area contributed by atoms with E-state index >= 15 is 0 Å². The maximum absolute atomic E-state index is 10.8. The molecule has 1 aromatic heterocycles. The Labute approximate surface area is 123 Å². The molecule has 1 unspecified atom stereocenters. The molecule has 20 heavy (non-hydrogen) atoms. The summed E-state index contributed by atoms with van der Waals surface area (Å²) in [5.74, 6) is 0.619. The summed E-state index contributed by atoms with van der Waals surface area (Å²) in [5.41, 5.74) is -1.14. The first-order valence-electron chi connectivity index (χ1n) is 5.79. The van der Waals surface area contributed by atoms with E-state index in [9.17, 15) is 10.1 Å². The van der Waals surface area contributed by atoms with Crippen LogP contribution in [0.2, 0.25) is 0 Å². The van der Waals surface area contributed by atoms with Crippen LogP contribution in [0, 0.1) is 10.1 Å². The summed E-state index contributed by atoms with van der Waals surface area (Å²) in [6.07, 6.45) is 4.39. The number of rotatable bonds is 6. The predicted molar refractivity (Wildman–Crippen MR) is 66.7 cm³/mol. The van der Waals surface area contributed by atoms with Gasteiger partial charge in [0.1, 0.15) is 19.0 Å². The number of nitro groups is 1. The number of nitrogens with zero attached hydrogens (tertiary/aromatic N) is 4. The number of hydrogen-bond acceptors (Lipinski definition) is 5. The fourth-order valence-corrected chi connectivity index (χ4v) is 1.48. The first-order chi connectivity index (χ1) is 8.79. The zero-order valence-corrected chi connectivity index (χ0v) is 12.6. The molecule has 0 aliphatic heterocycles. The van der Waals surface area contributed by atoms with Crippen molar-refractivity contribution in [1.29, 1.82) is 0 Å². The molecule has 0 aliphatic carbocycles. The van der Waals surface area contributed by atoms with Gasteiger partial charge < -0.3 is 22.4 Å². The van der Waals surface area contributed by atoms with E-state index < -0.39 is 11.8 Å². The molecule has 0 aromatic carbocycles. The van der Waals surface area contributed by atoms with E-state index in [1.165, 1.54) is 20.1 Å². The van der Waals surface area contributed by atoms with Crippen molar-refractivity contribution in [2.24, 2.45) is 12.2 Å². The van der Waals surface area contributed by atoms with Gasteiger partial charge in [0.15, 0.2) is 12.4 Å². The molecule has 8 nitrogen and oxygen atoms in total. The van der Waals surface area contributed by atoms with E-state index in [1.807, 2.05) is 0 Å². The largest absolute Gasteiger partial charge is 1.00 e. The Hall–Kier alpha value is -1.67. The van der Waals surface area contributed by atoms with Crippen molar-refractivity contribution in [2.75, 3.05) is 6.61 Å². The van der Waals surface area contributed by atoms with Gasteiger partial charge in [0, 0.05) is 25.7 Å². The van der Waals surface area contributed by atoms with Crippen LogP contribution in [0.25, 0.3) is 0 Å². The molecule has 1 atom stereocenters. The van der Waals surface area contributed by atoms with Crippen LogP contribution < -0.4 is 17.0 Å². The Morgan fingerprint density at radius 3 is 2.80 bits per heavy atom. The van der Waals surface area contributed by atoms with Crippen LogP contribution in [0.1, 0.15) is 32.8 Å². The molecule has 1 rings (SSSR count). The molecular formula is C11H19ClN4O4. The highest BCUT2D eigenvalue weighted by atomic mass is 35.5. The highest BCUT2D eigenvalue weighted by Crippen LogP contribution is 2.14. The van der Waals surface area contributed by atoms with Crippen molar-refractivity contribution in [3.05, 3.63) is 28.3 Å². The molecule has 0 saturated heterocycles. The van der Waals surface area contributed by atoms with Gasteiger partial charge in [-0.3, -0.25) is 10.1 Å². The van der Waals surface area contributed by atoms with E-state index in [0.29, 0.717) is 5.82 Å². The van der Waals surface area contributed by atoms with Crippen LogP contribution in [0.3, 0.4) is 0 Å². The lowest BCUT2D eigenvalue weighted by Crippen LogP contribution is -3.00. The minimum atomic E-state index is -1.14. The van der Waals surface area contributed by atoms with Crippen molar-refractivity contribution in [3.8, 4) is 0 Å². The molecule has 9 heteroatoms. The van der Waals surface area contributed by atoms with Crippen LogP contribution in [-0.2, 0) is 11.8 Å². The van der Waals surface area contributed by atoms with Gasteiger partial charge >= 0.3 is 5.82 Å². The van der Waals surface area contributed by atoms with Gasteiger partial charge in [-0.2, -0.15) is 0 Å². The van der Waals surface area contributed by atoms with E-state index in [-0.39, 0.29) is 23.9 Å². The maximum Gasteiger partial charge on any atom is 0.305 e. The van der Waals surface area contributed by atoms with Gasteiger partial charge in [0.2, 0.25) is 5.54 Å². The number of ether oxygens (including phenoxy) is 1. The normalized spacial score (nSPS) is 13.2. The first kappa shape index (κ1) is 18.3. The molecule has 0 radical (unpaired) electrons. The number of oxime groups is 1. The smallest absolute Gasteiger partial charge is 0.305 e.